The molecule has 1 aromatic carbocycles. The van der Waals surface area contributed by atoms with Gasteiger partial charge in [-0.3, -0.25) is 0 Å². The summed E-state index contributed by atoms with van der Waals surface area (Å²) in [6, 6.07) is 5.05. The molecule has 0 bridgehead atoms. The number of anilines is 1. The summed E-state index contributed by atoms with van der Waals surface area (Å²) >= 11 is 6.06. The number of nitrogens with one attached hydrogen (secondary N) is 1. The molecule has 0 spiro atoms. The fraction of sp³-hybridized carbons (Fsp3) is 0.462. The van der Waals surface area contributed by atoms with Crippen LogP contribution in [0.25, 0.3) is 0 Å². The lowest BCUT2D eigenvalue weighted by Crippen LogP contribution is -2.49. The van der Waals surface area contributed by atoms with Gasteiger partial charge in [0.25, 0.3) is 0 Å². The van der Waals surface area contributed by atoms with Crippen LogP contribution >= 0.6 is 11.6 Å². The second kappa shape index (κ2) is 5.61. The number of amides is 2. The molecule has 2 rings (SSSR count). The number of para-hydroxylation sites is 1. The Balaban J connectivity index is 2.10. The van der Waals surface area contributed by atoms with Gasteiger partial charge in [-0.25, -0.2) is 13.2 Å². The first-order chi connectivity index (χ1) is 9.31. The predicted molar refractivity (Wildman–Crippen MR) is 80.0 cm³/mol. The van der Waals surface area contributed by atoms with E-state index in [4.69, 9.17) is 11.6 Å². The van der Waals surface area contributed by atoms with E-state index >= 15 is 0 Å². The number of nitrogens with zero attached hydrogens (tertiary/aromatic N) is 1. The highest BCUT2D eigenvalue weighted by molar-refractivity contribution is 7.92. The van der Waals surface area contributed by atoms with Crippen molar-refractivity contribution >= 4 is 33.2 Å². The molecule has 1 atom stereocenters. The van der Waals surface area contributed by atoms with Crippen molar-refractivity contribution in [2.24, 2.45) is 0 Å². The van der Waals surface area contributed by atoms with E-state index in [1.54, 1.807) is 13.0 Å². The fourth-order valence-electron chi connectivity index (χ4n) is 2.11. The first-order valence-electron chi connectivity index (χ1n) is 6.34. The number of halogens is 1. The van der Waals surface area contributed by atoms with E-state index in [2.05, 4.69) is 5.32 Å². The molecule has 1 aliphatic heterocycles. The van der Waals surface area contributed by atoms with Crippen LogP contribution in [0.15, 0.2) is 18.2 Å². The van der Waals surface area contributed by atoms with E-state index in [0.717, 1.165) is 5.56 Å². The number of hydrogen-bond acceptors (Lipinski definition) is 3. The second-order valence-electron chi connectivity index (χ2n) is 4.99. The van der Waals surface area contributed by atoms with Crippen LogP contribution in [0.2, 0.25) is 5.02 Å². The third-order valence-electron chi connectivity index (χ3n) is 3.48. The van der Waals surface area contributed by atoms with Crippen LogP contribution in [-0.4, -0.2) is 43.4 Å². The average Bonchev–Trinajstić information content (AvgIpc) is 2.37. The van der Waals surface area contributed by atoms with E-state index in [0.29, 0.717) is 10.7 Å². The van der Waals surface area contributed by atoms with Crippen LogP contribution in [0, 0.1) is 6.92 Å². The van der Waals surface area contributed by atoms with Gasteiger partial charge in [0.05, 0.1) is 21.7 Å². The van der Waals surface area contributed by atoms with Crippen molar-refractivity contribution in [2.75, 3.05) is 24.2 Å². The molecule has 1 aliphatic rings. The summed E-state index contributed by atoms with van der Waals surface area (Å²) in [5.41, 5.74) is 1.43. The number of benzene rings is 1. The lowest BCUT2D eigenvalue weighted by Gasteiger charge is -2.31. The van der Waals surface area contributed by atoms with Crippen molar-refractivity contribution in [3.8, 4) is 0 Å². The molecule has 5 nitrogen and oxygen atoms in total. The van der Waals surface area contributed by atoms with E-state index in [1.165, 1.54) is 4.90 Å². The molecule has 1 aromatic rings. The van der Waals surface area contributed by atoms with Crippen LogP contribution < -0.4 is 5.32 Å². The van der Waals surface area contributed by atoms with Crippen LogP contribution in [0.3, 0.4) is 0 Å². The third-order valence-corrected chi connectivity index (χ3v) is 5.92. The van der Waals surface area contributed by atoms with E-state index in [9.17, 15) is 13.2 Å². The molecular weight excluding hydrogens is 300 g/mol. The largest absolute Gasteiger partial charge is 0.322 e. The first-order valence-corrected chi connectivity index (χ1v) is 8.43. The zero-order chi connectivity index (χ0) is 14.9. The smallest absolute Gasteiger partial charge is 0.321 e. The van der Waals surface area contributed by atoms with Crippen LogP contribution in [-0.2, 0) is 9.84 Å². The summed E-state index contributed by atoms with van der Waals surface area (Å²) in [7, 11) is -3.06. The van der Waals surface area contributed by atoms with Crippen molar-refractivity contribution < 1.29 is 13.2 Å². The summed E-state index contributed by atoms with van der Waals surface area (Å²) in [5, 5.41) is 2.69. The molecular formula is C13H17ClN2O3S. The Kier molecular flexibility index (Phi) is 4.25. The molecule has 20 heavy (non-hydrogen) atoms. The number of sulfone groups is 1. The van der Waals surface area contributed by atoms with Crippen molar-refractivity contribution in [3.63, 3.8) is 0 Å². The number of rotatable bonds is 1. The quantitative estimate of drug-likeness (QED) is 0.864. The van der Waals surface area contributed by atoms with Crippen LogP contribution in [0.5, 0.6) is 0 Å². The summed E-state index contributed by atoms with van der Waals surface area (Å²) in [6.45, 7) is 3.89. The lowest BCUT2D eigenvalue weighted by atomic mass is 10.2. The normalized spacial score (nSPS) is 21.6. The molecule has 1 fully saturated rings. The molecule has 0 saturated carbocycles. The standard InChI is InChI=1S/C13H17ClN2O3S/c1-9-4-3-5-11(14)12(9)15-13(17)16-6-7-20(18,19)10(2)8-16/h3-5,10H,6-8H2,1-2H3,(H,15,17)/t10-/m0/s1. The Morgan fingerprint density at radius 2 is 2.15 bits per heavy atom. The summed E-state index contributed by atoms with van der Waals surface area (Å²) < 4.78 is 23.3. The molecule has 0 radical (unpaired) electrons. The number of urea groups is 1. The SMILES string of the molecule is Cc1cccc(Cl)c1NC(=O)N1CCS(=O)(=O)[C@@H](C)C1. The first kappa shape index (κ1) is 15.1. The van der Waals surface area contributed by atoms with Gasteiger partial charge in [-0.05, 0) is 25.5 Å². The predicted octanol–water partition coefficient (Wildman–Crippen LogP) is 2.30. The van der Waals surface area contributed by atoms with Crippen LogP contribution in [0.1, 0.15) is 12.5 Å². The van der Waals surface area contributed by atoms with Gasteiger partial charge in [0, 0.05) is 13.1 Å². The Morgan fingerprint density at radius 1 is 1.45 bits per heavy atom. The van der Waals surface area contributed by atoms with Gasteiger partial charge in [0.15, 0.2) is 9.84 Å². The number of carbonyl (C=O) groups is 1. The molecule has 0 aliphatic carbocycles. The van der Waals surface area contributed by atoms with Gasteiger partial charge < -0.3 is 10.2 Å². The van der Waals surface area contributed by atoms with Gasteiger partial charge in [0.1, 0.15) is 0 Å². The highest BCUT2D eigenvalue weighted by atomic mass is 35.5. The summed E-state index contributed by atoms with van der Waals surface area (Å²) in [5.74, 6) is 0.00307. The second-order valence-corrected chi connectivity index (χ2v) is 7.93. The van der Waals surface area contributed by atoms with Crippen molar-refractivity contribution in [1.29, 1.82) is 0 Å². The monoisotopic (exact) mass is 316 g/mol. The Morgan fingerprint density at radius 3 is 2.75 bits per heavy atom. The topological polar surface area (TPSA) is 66.5 Å². The highest BCUT2D eigenvalue weighted by Crippen LogP contribution is 2.26. The minimum atomic E-state index is -3.06. The lowest BCUT2D eigenvalue weighted by molar-refractivity contribution is 0.213. The van der Waals surface area contributed by atoms with Gasteiger partial charge in [-0.1, -0.05) is 23.7 Å². The average molecular weight is 317 g/mol. The molecule has 110 valence electrons. The Hall–Kier alpha value is -1.27. The third kappa shape index (κ3) is 3.07. The van der Waals surface area contributed by atoms with Gasteiger partial charge in [-0.15, -0.1) is 0 Å². The zero-order valence-electron chi connectivity index (χ0n) is 11.4. The Labute approximate surface area is 123 Å². The molecule has 7 heteroatoms. The zero-order valence-corrected chi connectivity index (χ0v) is 13.0. The summed E-state index contributed by atoms with van der Waals surface area (Å²) in [4.78, 5) is 13.7. The molecule has 1 saturated heterocycles. The molecule has 2 amide bonds. The van der Waals surface area contributed by atoms with E-state index < -0.39 is 15.1 Å². The highest BCUT2D eigenvalue weighted by Gasteiger charge is 2.31. The van der Waals surface area contributed by atoms with E-state index in [-0.39, 0.29) is 24.9 Å². The maximum atomic E-state index is 12.2. The molecule has 1 heterocycles. The van der Waals surface area contributed by atoms with Gasteiger partial charge in [-0.2, -0.15) is 0 Å². The molecule has 0 aromatic heterocycles. The minimum Gasteiger partial charge on any atom is -0.322 e. The minimum absolute atomic E-state index is 0.00307. The maximum absolute atomic E-state index is 12.2. The maximum Gasteiger partial charge on any atom is 0.321 e. The van der Waals surface area contributed by atoms with Gasteiger partial charge in [0.2, 0.25) is 0 Å². The van der Waals surface area contributed by atoms with Crippen molar-refractivity contribution in [2.45, 2.75) is 19.1 Å². The molecule has 1 N–H and O–H groups in total. The fourth-order valence-corrected chi connectivity index (χ4v) is 3.67. The number of aryl methyl sites for hydroxylation is 1. The molecule has 0 unspecified atom stereocenters. The summed E-state index contributed by atoms with van der Waals surface area (Å²) in [6.07, 6.45) is 0. The van der Waals surface area contributed by atoms with Crippen molar-refractivity contribution in [1.82, 2.24) is 4.90 Å². The van der Waals surface area contributed by atoms with Crippen LogP contribution in [0.4, 0.5) is 10.5 Å². The number of carbonyl (C=O) groups excluding carboxylic acids is 1. The van der Waals surface area contributed by atoms with Gasteiger partial charge >= 0.3 is 6.03 Å². The Bertz CT molecular complexity index is 610. The van der Waals surface area contributed by atoms with Crippen molar-refractivity contribution in [3.05, 3.63) is 28.8 Å². The van der Waals surface area contributed by atoms with E-state index in [1.807, 2.05) is 19.1 Å². The number of hydrogen-bond donors (Lipinski definition) is 1.